The van der Waals surface area contributed by atoms with Gasteiger partial charge in [0, 0.05) is 48.4 Å². The Bertz CT molecular complexity index is 3440. The van der Waals surface area contributed by atoms with Gasteiger partial charge in [0.25, 0.3) is 11.8 Å². The van der Waals surface area contributed by atoms with Crippen LogP contribution in [0.2, 0.25) is 30.1 Å². The average molecular weight is 1230 g/mol. The van der Waals surface area contributed by atoms with Crippen molar-refractivity contribution in [3.63, 3.8) is 0 Å². The van der Waals surface area contributed by atoms with Gasteiger partial charge in [-0.2, -0.15) is 15.3 Å². The Kier molecular flexibility index (Phi) is 19.4. The molecular formula is C55H58Cl7N11O7. The summed E-state index contributed by atoms with van der Waals surface area (Å²) in [5.41, 5.74) is 5.38. The van der Waals surface area contributed by atoms with Crippen molar-refractivity contribution in [1.82, 2.24) is 39.1 Å². The molecule has 0 spiro atoms. The van der Waals surface area contributed by atoms with Crippen LogP contribution >= 0.6 is 82.0 Å². The second-order valence-corrected chi connectivity index (χ2v) is 22.7. The molecule has 2 fully saturated rings. The maximum Gasteiger partial charge on any atom is 0.329 e. The number of rotatable bonds is 7. The molecule has 0 saturated carbocycles. The summed E-state index contributed by atoms with van der Waals surface area (Å²) in [6.07, 6.45) is 9.62. The number of nitrogens with one attached hydrogen (secondary N) is 3. The molecule has 6 N–H and O–H groups in total. The summed E-state index contributed by atoms with van der Waals surface area (Å²) in [7, 11) is 0. The van der Waals surface area contributed by atoms with Gasteiger partial charge in [-0.1, -0.05) is 87.8 Å². The van der Waals surface area contributed by atoms with Gasteiger partial charge in [0.2, 0.25) is 0 Å². The molecule has 6 aromatic rings. The minimum absolute atomic E-state index is 0. The number of halogens is 7. The molecular weight excluding hydrogens is 1170 g/mol. The zero-order valence-corrected chi connectivity index (χ0v) is 49.5. The van der Waals surface area contributed by atoms with Crippen molar-refractivity contribution in [1.29, 1.82) is 0 Å². The van der Waals surface area contributed by atoms with Crippen LogP contribution in [0.25, 0.3) is 0 Å². The Hall–Kier alpha value is -6.22. The van der Waals surface area contributed by atoms with E-state index in [4.69, 9.17) is 74.3 Å². The molecule has 3 unspecified atom stereocenters. The van der Waals surface area contributed by atoms with Gasteiger partial charge in [-0.3, -0.25) is 9.59 Å². The second-order valence-electron chi connectivity index (χ2n) is 20.2. The summed E-state index contributed by atoms with van der Waals surface area (Å²) in [6, 6.07) is 19.3. The van der Waals surface area contributed by atoms with Crippen LogP contribution in [0.1, 0.15) is 102 Å². The van der Waals surface area contributed by atoms with Crippen LogP contribution in [0.4, 0.5) is 17.5 Å². The lowest BCUT2D eigenvalue weighted by atomic mass is 9.94. The van der Waals surface area contributed by atoms with Gasteiger partial charge in [0.1, 0.15) is 47.2 Å². The van der Waals surface area contributed by atoms with Crippen LogP contribution in [0.5, 0.6) is 0 Å². The normalized spacial score (nSPS) is 19.9. The van der Waals surface area contributed by atoms with E-state index in [1.165, 1.54) is 4.90 Å². The summed E-state index contributed by atoms with van der Waals surface area (Å²) >= 11 is 36.7. The van der Waals surface area contributed by atoms with Gasteiger partial charge in [-0.05, 0) is 126 Å². The fourth-order valence-electron chi connectivity index (χ4n) is 10.3. The molecule has 3 aromatic carbocycles. The Morgan fingerprint density at radius 2 is 0.975 bits per heavy atom. The number of ether oxygens (including phenoxy) is 1. The third-order valence-corrected chi connectivity index (χ3v) is 16.0. The highest BCUT2D eigenvalue weighted by Crippen LogP contribution is 2.42. The first-order valence-corrected chi connectivity index (χ1v) is 27.3. The van der Waals surface area contributed by atoms with Crippen molar-refractivity contribution >= 4 is 123 Å². The Labute approximate surface area is 498 Å². The number of benzene rings is 3. The number of hydrogen-bond acceptors (Lipinski definition) is 11. The van der Waals surface area contributed by atoms with E-state index < -0.39 is 35.7 Å². The molecule has 18 nitrogen and oxygen atoms in total. The van der Waals surface area contributed by atoms with Crippen molar-refractivity contribution in [2.75, 3.05) is 29.0 Å². The number of allylic oxidation sites excluding steroid dienone is 4. The van der Waals surface area contributed by atoms with E-state index in [0.29, 0.717) is 85.0 Å². The van der Waals surface area contributed by atoms with Crippen LogP contribution < -0.4 is 16.0 Å². The third-order valence-electron chi connectivity index (χ3n) is 13.7. The first-order chi connectivity index (χ1) is 37.1. The van der Waals surface area contributed by atoms with Crippen LogP contribution in [-0.2, 0) is 23.9 Å². The number of carboxylic acids is 1. The Morgan fingerprint density at radius 1 is 0.575 bits per heavy atom. The van der Waals surface area contributed by atoms with Crippen LogP contribution in [0.15, 0.2) is 126 Å². The molecule has 5 atom stereocenters. The molecule has 0 aliphatic carbocycles. The van der Waals surface area contributed by atoms with Crippen molar-refractivity contribution in [2.45, 2.75) is 103 Å². The molecule has 25 heteroatoms. The van der Waals surface area contributed by atoms with E-state index >= 15 is 0 Å². The fraction of sp³-hybridized carbons (Fsp3) is 0.327. The van der Waals surface area contributed by atoms with E-state index in [2.05, 4.69) is 37.3 Å². The van der Waals surface area contributed by atoms with E-state index in [-0.39, 0.29) is 41.7 Å². The highest BCUT2D eigenvalue weighted by molar-refractivity contribution is 6.43. The summed E-state index contributed by atoms with van der Waals surface area (Å²) in [5, 5.41) is 35.1. The number of carboxylic acid groups (broad SMARTS) is 1. The standard InChI is InChI=1S/C23H26Cl2N4O3.C19H18Cl2N4O3.C13H11Cl2N3.ClH.H2O/c1-13-19(21(30)28-11-5-6-17(28)22(31)32-23(2,3)4)20(29-18(27-13)9-10-26-29)14-7-8-15(24)16(25)12-14;1-10-16(18(26)24-8-2-3-14(24)19(27)28)17(25-15(23-10)6-7-22-25)11-4-5-12(20)13(21)9-11;1-8-6-12(18-13(17-8)4-5-16-18)9-2-3-10(14)11(15)7-9;;/h7-10,12,17,20,27H,5-6,11H2,1-4H3;4-7,9,14,17,23H,2-3,8H2,1H3,(H,27,28);2-7,12,17H,1H3;1H;1H2/t17-,20?;14-,17?;;;/m00.../s1. The number of anilines is 3. The Balaban J connectivity index is 0.000000177. The first kappa shape index (κ1) is 61.4. The van der Waals surface area contributed by atoms with Crippen molar-refractivity contribution in [3.8, 4) is 0 Å². The van der Waals surface area contributed by atoms with Gasteiger partial charge in [-0.25, -0.2) is 23.6 Å². The lowest BCUT2D eigenvalue weighted by Gasteiger charge is -2.34. The molecule has 0 bridgehead atoms. The molecule has 2 saturated heterocycles. The summed E-state index contributed by atoms with van der Waals surface area (Å²) in [5.74, 6) is 0.579. The number of nitrogens with zero attached hydrogens (tertiary/aromatic N) is 8. The van der Waals surface area contributed by atoms with E-state index in [1.807, 2.05) is 81.8 Å². The Morgan fingerprint density at radius 3 is 1.41 bits per heavy atom. The number of amides is 2. The number of carbonyl (C=O) groups is 4. The molecule has 2 amide bonds. The number of aromatic nitrogens is 6. The average Bonchev–Trinajstić information content (AvgIpc) is 4.29. The minimum Gasteiger partial charge on any atom is -0.480 e. The van der Waals surface area contributed by atoms with Crippen LogP contribution in [0.3, 0.4) is 0 Å². The highest BCUT2D eigenvalue weighted by Gasteiger charge is 2.43. The van der Waals surface area contributed by atoms with Crippen molar-refractivity contribution in [2.24, 2.45) is 0 Å². The molecule has 5 aliphatic heterocycles. The molecule has 5 aliphatic rings. The third kappa shape index (κ3) is 12.8. The monoisotopic (exact) mass is 1230 g/mol. The van der Waals surface area contributed by atoms with E-state index in [0.717, 1.165) is 46.3 Å². The lowest BCUT2D eigenvalue weighted by molar-refractivity contribution is -0.162. The number of esters is 1. The number of aliphatic carboxylic acids is 1. The van der Waals surface area contributed by atoms with Gasteiger partial charge >= 0.3 is 11.9 Å². The zero-order chi connectivity index (χ0) is 55.9. The predicted octanol–water partition coefficient (Wildman–Crippen LogP) is 12.1. The van der Waals surface area contributed by atoms with Gasteiger partial charge < -0.3 is 41.1 Å². The highest BCUT2D eigenvalue weighted by atomic mass is 35.5. The molecule has 11 rings (SSSR count). The van der Waals surface area contributed by atoms with Crippen molar-refractivity contribution in [3.05, 3.63) is 173 Å². The SMILES string of the molecule is CC1=C(C(=O)N2CCC[C@H]2C(=O)O)C(c2ccc(Cl)c(Cl)c2)n2nccc2N1.CC1=C(C(=O)N2CCC[C@H]2C(=O)OC(C)(C)C)C(c2ccc(Cl)c(Cl)c2)n2nccc2N1.CC1=CC(c2ccc(Cl)c(Cl)c2)n2nccc2N1.Cl.O. The van der Waals surface area contributed by atoms with Gasteiger partial charge in [0.15, 0.2) is 0 Å². The summed E-state index contributed by atoms with van der Waals surface area (Å²) in [6.45, 7) is 12.1. The lowest BCUT2D eigenvalue weighted by Crippen LogP contribution is -2.46. The van der Waals surface area contributed by atoms with Crippen LogP contribution in [0, 0.1) is 0 Å². The number of fused-ring (bicyclic) bond motifs is 3. The van der Waals surface area contributed by atoms with Gasteiger partial charge in [0.05, 0.1) is 65.9 Å². The molecule has 3 aromatic heterocycles. The zero-order valence-electron chi connectivity index (χ0n) is 44.1. The number of hydrogen-bond donors (Lipinski definition) is 4. The molecule has 0 radical (unpaired) electrons. The summed E-state index contributed by atoms with van der Waals surface area (Å²) < 4.78 is 11.0. The van der Waals surface area contributed by atoms with E-state index in [9.17, 15) is 24.3 Å². The summed E-state index contributed by atoms with van der Waals surface area (Å²) in [4.78, 5) is 54.8. The van der Waals surface area contributed by atoms with Crippen LogP contribution in [-0.4, -0.2) is 104 Å². The maximum absolute atomic E-state index is 13.9. The smallest absolute Gasteiger partial charge is 0.329 e. The van der Waals surface area contributed by atoms with Crippen molar-refractivity contribution < 1.29 is 34.5 Å². The quantitative estimate of drug-likeness (QED) is 0.110. The van der Waals surface area contributed by atoms with E-state index in [1.54, 1.807) is 70.1 Å². The molecule has 8 heterocycles. The second kappa shape index (κ2) is 25.3. The van der Waals surface area contributed by atoms with Gasteiger partial charge in [-0.15, -0.1) is 12.4 Å². The first-order valence-electron chi connectivity index (χ1n) is 25.0. The number of carbonyl (C=O) groups excluding carboxylic acids is 3. The molecule has 80 heavy (non-hydrogen) atoms. The maximum atomic E-state index is 13.9. The number of likely N-dealkylation sites (tertiary alicyclic amines) is 2. The fourth-order valence-corrected chi connectivity index (χ4v) is 11.2. The minimum atomic E-state index is -0.987. The molecule has 424 valence electrons. The topological polar surface area (TPSA) is 225 Å². The predicted molar refractivity (Wildman–Crippen MR) is 314 cm³/mol. The largest absolute Gasteiger partial charge is 0.480 e.